The summed E-state index contributed by atoms with van der Waals surface area (Å²) in [5, 5.41) is 0.757. The van der Waals surface area contributed by atoms with Crippen LogP contribution in [0.15, 0.2) is 18.2 Å². The molecule has 0 heterocycles. The summed E-state index contributed by atoms with van der Waals surface area (Å²) in [6.45, 7) is 4.00. The second-order valence-corrected chi connectivity index (χ2v) is 3.39. The zero-order valence-corrected chi connectivity index (χ0v) is 8.02. The molecular weight excluding hydrogens is 172 g/mol. The van der Waals surface area contributed by atoms with E-state index in [1.165, 1.54) is 0 Å². The van der Waals surface area contributed by atoms with Gasteiger partial charge in [0.1, 0.15) is 0 Å². The van der Waals surface area contributed by atoms with E-state index in [2.05, 4.69) is 11.5 Å². The maximum absolute atomic E-state index is 5.88. The fraction of sp³-hybridized carbons (Fsp3) is 0.333. The van der Waals surface area contributed by atoms with Crippen molar-refractivity contribution in [1.29, 1.82) is 0 Å². The molecule has 1 atom stereocenters. The summed E-state index contributed by atoms with van der Waals surface area (Å²) in [6, 6.07) is 6.05. The Morgan fingerprint density at radius 1 is 1.42 bits per heavy atom. The number of rotatable bonds is 2. The van der Waals surface area contributed by atoms with Crippen molar-refractivity contribution in [3.8, 4) is 0 Å². The van der Waals surface area contributed by atoms with Gasteiger partial charge in [-0.2, -0.15) is 0 Å². The lowest BCUT2D eigenvalue weighted by Gasteiger charge is -2.11. The molecule has 0 aromatic heterocycles. The predicted molar refractivity (Wildman–Crippen MR) is 51.9 cm³/mol. The van der Waals surface area contributed by atoms with E-state index in [1.807, 2.05) is 26.0 Å². The number of hydrogen-bond acceptors (Lipinski definition) is 2. The predicted octanol–water partition coefficient (Wildman–Crippen LogP) is 2.17. The van der Waals surface area contributed by atoms with Crippen molar-refractivity contribution in [2.45, 2.75) is 19.9 Å². The van der Waals surface area contributed by atoms with Crippen molar-refractivity contribution in [3.63, 3.8) is 0 Å². The van der Waals surface area contributed by atoms with Crippen LogP contribution in [0.1, 0.15) is 24.1 Å². The lowest BCUT2D eigenvalue weighted by molar-refractivity contribution is 0.602. The Hall–Kier alpha value is -0.570. The molecule has 0 bridgehead atoms. The maximum atomic E-state index is 5.88. The summed E-state index contributed by atoms with van der Waals surface area (Å²) in [6.07, 6.45) is 0. The summed E-state index contributed by atoms with van der Waals surface area (Å²) in [5.41, 5.74) is 4.94. The minimum absolute atomic E-state index is 0.141. The number of hydrogen-bond donors (Lipinski definition) is 2. The van der Waals surface area contributed by atoms with Crippen LogP contribution in [0.5, 0.6) is 0 Å². The molecule has 0 saturated heterocycles. The zero-order chi connectivity index (χ0) is 9.14. The standard InChI is InChI=1S/C9H13ClN2/c1-6-3-8(7(2)12-11)5-9(10)4-6/h3-5,7,12H,11H2,1-2H3. The largest absolute Gasteiger partial charge is 0.271 e. The van der Waals surface area contributed by atoms with Crippen molar-refractivity contribution in [2.24, 2.45) is 5.84 Å². The summed E-state index contributed by atoms with van der Waals surface area (Å²) in [5.74, 6) is 5.31. The topological polar surface area (TPSA) is 38.0 Å². The SMILES string of the molecule is Cc1cc(Cl)cc(C(C)NN)c1. The third-order valence-electron chi connectivity index (χ3n) is 1.81. The fourth-order valence-corrected chi connectivity index (χ4v) is 1.41. The first-order valence-corrected chi connectivity index (χ1v) is 4.24. The van der Waals surface area contributed by atoms with Gasteiger partial charge in [0.2, 0.25) is 0 Å². The van der Waals surface area contributed by atoms with Gasteiger partial charge in [-0.1, -0.05) is 17.7 Å². The molecule has 2 nitrogen and oxygen atoms in total. The second-order valence-electron chi connectivity index (χ2n) is 2.95. The van der Waals surface area contributed by atoms with E-state index in [0.717, 1.165) is 16.1 Å². The number of benzene rings is 1. The van der Waals surface area contributed by atoms with Crippen LogP contribution in [0.3, 0.4) is 0 Å². The highest BCUT2D eigenvalue weighted by Gasteiger charge is 2.03. The van der Waals surface area contributed by atoms with Crippen molar-refractivity contribution in [2.75, 3.05) is 0 Å². The lowest BCUT2D eigenvalue weighted by atomic mass is 10.1. The highest BCUT2D eigenvalue weighted by atomic mass is 35.5. The monoisotopic (exact) mass is 184 g/mol. The van der Waals surface area contributed by atoms with Crippen molar-refractivity contribution >= 4 is 11.6 Å². The minimum atomic E-state index is 0.141. The molecule has 3 N–H and O–H groups in total. The number of nitrogens with one attached hydrogen (secondary N) is 1. The van der Waals surface area contributed by atoms with Gasteiger partial charge >= 0.3 is 0 Å². The fourth-order valence-electron chi connectivity index (χ4n) is 1.11. The minimum Gasteiger partial charge on any atom is -0.271 e. The van der Waals surface area contributed by atoms with Crippen LogP contribution in [-0.2, 0) is 0 Å². The Kier molecular flexibility index (Phi) is 3.09. The molecule has 0 spiro atoms. The van der Waals surface area contributed by atoms with Gasteiger partial charge in [-0.25, -0.2) is 0 Å². The Labute approximate surface area is 77.7 Å². The summed E-state index contributed by atoms with van der Waals surface area (Å²) < 4.78 is 0. The normalized spacial score (nSPS) is 13.0. The summed E-state index contributed by atoms with van der Waals surface area (Å²) in [7, 11) is 0. The molecule has 0 aliphatic heterocycles. The average Bonchev–Trinajstić information content (AvgIpc) is 2.01. The van der Waals surface area contributed by atoms with E-state index in [-0.39, 0.29) is 6.04 Å². The number of hydrazine groups is 1. The first-order chi connectivity index (χ1) is 5.63. The van der Waals surface area contributed by atoms with Crippen molar-refractivity contribution < 1.29 is 0 Å². The summed E-state index contributed by atoms with van der Waals surface area (Å²) >= 11 is 5.88. The van der Waals surface area contributed by atoms with E-state index >= 15 is 0 Å². The summed E-state index contributed by atoms with van der Waals surface area (Å²) in [4.78, 5) is 0. The van der Waals surface area contributed by atoms with Gasteiger partial charge in [-0.05, 0) is 37.1 Å². The zero-order valence-electron chi connectivity index (χ0n) is 7.26. The molecule has 1 aromatic rings. The Balaban J connectivity index is 3.00. The third-order valence-corrected chi connectivity index (χ3v) is 2.03. The molecule has 0 aliphatic carbocycles. The first kappa shape index (κ1) is 9.52. The smallest absolute Gasteiger partial charge is 0.0432 e. The van der Waals surface area contributed by atoms with Crippen LogP contribution in [-0.4, -0.2) is 0 Å². The van der Waals surface area contributed by atoms with Crippen LogP contribution in [0.2, 0.25) is 5.02 Å². The molecule has 66 valence electrons. The quantitative estimate of drug-likeness (QED) is 0.546. The molecule has 3 heteroatoms. The molecule has 1 unspecified atom stereocenters. The van der Waals surface area contributed by atoms with Crippen LogP contribution in [0.4, 0.5) is 0 Å². The second kappa shape index (κ2) is 3.90. The molecule has 0 radical (unpaired) electrons. The van der Waals surface area contributed by atoms with E-state index < -0.39 is 0 Å². The Morgan fingerprint density at radius 2 is 2.08 bits per heavy atom. The van der Waals surface area contributed by atoms with Crippen molar-refractivity contribution in [1.82, 2.24) is 5.43 Å². The third kappa shape index (κ3) is 2.21. The van der Waals surface area contributed by atoms with Gasteiger partial charge in [-0.3, -0.25) is 11.3 Å². The van der Waals surface area contributed by atoms with Crippen LogP contribution < -0.4 is 11.3 Å². The van der Waals surface area contributed by atoms with Crippen molar-refractivity contribution in [3.05, 3.63) is 34.3 Å². The van der Waals surface area contributed by atoms with Gasteiger partial charge < -0.3 is 0 Å². The molecule has 0 fully saturated rings. The van der Waals surface area contributed by atoms with Gasteiger partial charge in [-0.15, -0.1) is 0 Å². The maximum Gasteiger partial charge on any atom is 0.0432 e. The lowest BCUT2D eigenvalue weighted by Crippen LogP contribution is -2.25. The van der Waals surface area contributed by atoms with Crippen LogP contribution in [0, 0.1) is 6.92 Å². The highest BCUT2D eigenvalue weighted by Crippen LogP contribution is 2.19. The van der Waals surface area contributed by atoms with Gasteiger partial charge in [0.05, 0.1) is 0 Å². The number of halogens is 1. The molecule has 0 amide bonds. The Morgan fingerprint density at radius 3 is 2.58 bits per heavy atom. The first-order valence-electron chi connectivity index (χ1n) is 3.86. The number of aryl methyl sites for hydroxylation is 1. The average molecular weight is 185 g/mol. The molecule has 12 heavy (non-hydrogen) atoms. The van der Waals surface area contributed by atoms with E-state index in [4.69, 9.17) is 17.4 Å². The molecule has 0 aliphatic rings. The molecule has 0 saturated carbocycles. The van der Waals surface area contributed by atoms with Gasteiger partial charge in [0, 0.05) is 11.1 Å². The highest BCUT2D eigenvalue weighted by molar-refractivity contribution is 6.30. The molecular formula is C9H13ClN2. The van der Waals surface area contributed by atoms with E-state index in [1.54, 1.807) is 0 Å². The van der Waals surface area contributed by atoms with E-state index in [9.17, 15) is 0 Å². The van der Waals surface area contributed by atoms with Gasteiger partial charge in [0.15, 0.2) is 0 Å². The Bertz CT molecular complexity index is 253. The van der Waals surface area contributed by atoms with E-state index in [0.29, 0.717) is 0 Å². The van der Waals surface area contributed by atoms with Crippen LogP contribution in [0.25, 0.3) is 0 Å². The number of nitrogens with two attached hydrogens (primary N) is 1. The molecule has 1 aromatic carbocycles. The van der Waals surface area contributed by atoms with Gasteiger partial charge in [0.25, 0.3) is 0 Å². The van der Waals surface area contributed by atoms with Crippen LogP contribution >= 0.6 is 11.6 Å². The molecule has 1 rings (SSSR count).